The second-order valence-corrected chi connectivity index (χ2v) is 6.61. The highest BCUT2D eigenvalue weighted by atomic mass is 16.3. The van der Waals surface area contributed by atoms with E-state index >= 15 is 0 Å². The smallest absolute Gasteiger partial charge is 0.242 e. The van der Waals surface area contributed by atoms with Crippen LogP contribution in [0.15, 0.2) is 65.2 Å². The first-order valence-electron chi connectivity index (χ1n) is 10.1. The molecule has 0 amide bonds. The second kappa shape index (κ2) is 5.40. The Bertz CT molecular complexity index is 1420. The molecule has 5 rings (SSSR count). The van der Waals surface area contributed by atoms with Gasteiger partial charge in [-0.05, 0) is 52.9 Å². The molecular formula is C23H19N2O+. The third-order valence-corrected chi connectivity index (χ3v) is 5.02. The first kappa shape index (κ1) is 12.2. The molecule has 0 radical (unpaired) electrons. The summed E-state index contributed by atoms with van der Waals surface area (Å²) in [5.41, 5.74) is 4.17. The Labute approximate surface area is 155 Å². The summed E-state index contributed by atoms with van der Waals surface area (Å²) < 4.78 is 32.6. The maximum absolute atomic E-state index is 8.17. The summed E-state index contributed by atoms with van der Waals surface area (Å²) in [5, 5.41) is 7.88. The molecular weight excluding hydrogens is 320 g/mol. The first-order valence-corrected chi connectivity index (χ1v) is 8.56. The van der Waals surface area contributed by atoms with Crippen LogP contribution in [0.25, 0.3) is 44.0 Å². The summed E-state index contributed by atoms with van der Waals surface area (Å²) >= 11 is 0. The Morgan fingerprint density at radius 3 is 2.73 bits per heavy atom. The molecule has 0 spiro atoms. The number of hydrogen-bond acceptors (Lipinski definition) is 2. The Morgan fingerprint density at radius 1 is 1.00 bits per heavy atom. The number of fused-ring (bicyclic) bond motifs is 5. The van der Waals surface area contributed by atoms with Crippen molar-refractivity contribution in [3.63, 3.8) is 0 Å². The number of rotatable bonds is 1. The van der Waals surface area contributed by atoms with Crippen LogP contribution in [-0.2, 0) is 7.05 Å². The lowest BCUT2D eigenvalue weighted by molar-refractivity contribution is -0.720. The first-order chi connectivity index (χ1) is 13.9. The Hall–Kier alpha value is -3.20. The van der Waals surface area contributed by atoms with Crippen molar-refractivity contribution in [2.24, 2.45) is 7.05 Å². The molecule has 0 fully saturated rings. The van der Waals surface area contributed by atoms with Crippen molar-refractivity contribution < 1.29 is 13.2 Å². The van der Waals surface area contributed by atoms with Gasteiger partial charge >= 0.3 is 0 Å². The summed E-state index contributed by atoms with van der Waals surface area (Å²) in [7, 11) is 1.87. The molecule has 2 heterocycles. The fourth-order valence-corrected chi connectivity index (χ4v) is 3.85. The van der Waals surface area contributed by atoms with Gasteiger partial charge in [0.25, 0.3) is 0 Å². The van der Waals surface area contributed by atoms with E-state index in [1.807, 2.05) is 62.5 Å². The van der Waals surface area contributed by atoms with Crippen LogP contribution in [-0.4, -0.2) is 5.10 Å². The Kier molecular flexibility index (Phi) is 2.53. The predicted octanol–water partition coefficient (Wildman–Crippen LogP) is 5.24. The SMILES string of the molecule is [2H]C([2H])([2H])c1cc(C)c(-c2cccn[n+]2C)c2oc3ccc4ccccc4c3c12. The van der Waals surface area contributed by atoms with E-state index in [0.29, 0.717) is 22.1 Å². The van der Waals surface area contributed by atoms with Gasteiger partial charge in [0.1, 0.15) is 11.2 Å². The van der Waals surface area contributed by atoms with Gasteiger partial charge in [-0.2, -0.15) is 0 Å². The van der Waals surface area contributed by atoms with Crippen molar-refractivity contribution in [1.82, 2.24) is 5.10 Å². The van der Waals surface area contributed by atoms with E-state index in [2.05, 4.69) is 5.10 Å². The third-order valence-electron chi connectivity index (χ3n) is 5.02. The lowest BCUT2D eigenvalue weighted by Crippen LogP contribution is -2.35. The van der Waals surface area contributed by atoms with Crippen LogP contribution in [0.3, 0.4) is 0 Å². The van der Waals surface area contributed by atoms with Crippen LogP contribution < -0.4 is 4.68 Å². The zero-order valence-corrected chi connectivity index (χ0v) is 14.6. The number of aromatic nitrogens is 2. The summed E-state index contributed by atoms with van der Waals surface area (Å²) in [5.74, 6) is 0. The zero-order chi connectivity index (χ0) is 20.3. The van der Waals surface area contributed by atoms with Crippen molar-refractivity contribution in [1.29, 1.82) is 0 Å². The number of aryl methyl sites for hydroxylation is 3. The van der Waals surface area contributed by atoms with Gasteiger partial charge in [-0.15, -0.1) is 0 Å². The summed E-state index contributed by atoms with van der Waals surface area (Å²) in [6, 6.07) is 17.5. The van der Waals surface area contributed by atoms with Crippen molar-refractivity contribution in [2.45, 2.75) is 13.8 Å². The number of benzene rings is 3. The molecule has 3 nitrogen and oxygen atoms in total. The van der Waals surface area contributed by atoms with Gasteiger partial charge in [-0.1, -0.05) is 41.1 Å². The molecule has 26 heavy (non-hydrogen) atoms. The third kappa shape index (κ3) is 2.00. The molecule has 0 unspecified atom stereocenters. The molecule has 5 aromatic rings. The van der Waals surface area contributed by atoms with E-state index in [-0.39, 0.29) is 0 Å². The van der Waals surface area contributed by atoms with Crippen LogP contribution in [0.5, 0.6) is 0 Å². The van der Waals surface area contributed by atoms with Crippen LogP contribution in [0.1, 0.15) is 15.2 Å². The van der Waals surface area contributed by atoms with Crippen LogP contribution in [0.2, 0.25) is 0 Å². The van der Waals surface area contributed by atoms with Crippen molar-refractivity contribution in [3.05, 3.63) is 71.9 Å². The molecule has 0 aliphatic carbocycles. The molecule has 0 saturated carbocycles. The maximum Gasteiger partial charge on any atom is 0.242 e. The fourth-order valence-electron chi connectivity index (χ4n) is 3.85. The second-order valence-electron chi connectivity index (χ2n) is 6.61. The minimum absolute atomic E-state index is 0.315. The van der Waals surface area contributed by atoms with Crippen molar-refractivity contribution >= 4 is 32.7 Å². The lowest BCUT2D eigenvalue weighted by Gasteiger charge is -2.07. The van der Waals surface area contributed by atoms with Gasteiger partial charge < -0.3 is 4.42 Å². The average Bonchev–Trinajstić information content (AvgIpc) is 3.07. The monoisotopic (exact) mass is 342 g/mol. The predicted molar refractivity (Wildman–Crippen MR) is 105 cm³/mol. The van der Waals surface area contributed by atoms with Crippen LogP contribution in [0.4, 0.5) is 0 Å². The minimum atomic E-state index is -2.26. The molecule has 126 valence electrons. The molecule has 3 aromatic carbocycles. The zero-order valence-electron chi connectivity index (χ0n) is 17.6. The van der Waals surface area contributed by atoms with E-state index in [1.54, 1.807) is 16.9 Å². The molecule has 0 bridgehead atoms. The highest BCUT2D eigenvalue weighted by Crippen LogP contribution is 2.41. The molecule has 0 saturated heterocycles. The summed E-state index contributed by atoms with van der Waals surface area (Å²) in [6.07, 6.45) is 1.72. The average molecular weight is 342 g/mol. The highest BCUT2D eigenvalue weighted by molar-refractivity contribution is 6.21. The number of nitrogens with zero attached hydrogens (tertiary/aromatic N) is 2. The van der Waals surface area contributed by atoms with E-state index in [4.69, 9.17) is 8.53 Å². The summed E-state index contributed by atoms with van der Waals surface area (Å²) in [4.78, 5) is 0. The molecule has 3 heteroatoms. The van der Waals surface area contributed by atoms with E-state index in [1.165, 1.54) is 0 Å². The van der Waals surface area contributed by atoms with Gasteiger partial charge in [0, 0.05) is 21.0 Å². The largest absolute Gasteiger partial charge is 0.455 e. The van der Waals surface area contributed by atoms with Gasteiger partial charge in [0.15, 0.2) is 7.05 Å². The lowest BCUT2D eigenvalue weighted by atomic mass is 9.95. The topological polar surface area (TPSA) is 29.9 Å². The molecule has 0 aliphatic rings. The van der Waals surface area contributed by atoms with Crippen molar-refractivity contribution in [2.75, 3.05) is 0 Å². The molecule has 0 atom stereocenters. The highest BCUT2D eigenvalue weighted by Gasteiger charge is 2.23. The minimum Gasteiger partial charge on any atom is -0.455 e. The van der Waals surface area contributed by atoms with Gasteiger partial charge in [-0.25, -0.2) is 0 Å². The van der Waals surface area contributed by atoms with Crippen LogP contribution >= 0.6 is 0 Å². The number of hydrogen-bond donors (Lipinski definition) is 0. The fraction of sp³-hybridized carbons (Fsp3) is 0.130. The summed E-state index contributed by atoms with van der Waals surface area (Å²) in [6.45, 7) is -0.339. The van der Waals surface area contributed by atoms with E-state index in [9.17, 15) is 0 Å². The van der Waals surface area contributed by atoms with E-state index < -0.39 is 6.85 Å². The van der Waals surface area contributed by atoms with E-state index in [0.717, 1.165) is 33.0 Å². The Balaban J connectivity index is 2.06. The molecule has 2 aromatic heterocycles. The molecule has 0 N–H and O–H groups in total. The van der Waals surface area contributed by atoms with Crippen molar-refractivity contribution in [3.8, 4) is 11.3 Å². The maximum atomic E-state index is 8.17. The molecule has 0 aliphatic heterocycles. The standard InChI is InChI=1S/C23H19N2O/c1-14-13-15(2)21-22-17-8-5-4-7-16(17)10-11-19(22)26-23(21)20(14)18-9-6-12-24-25(18)3/h4-13H,1-3H3/q+1/i2D3. The van der Waals surface area contributed by atoms with Crippen LogP contribution in [0, 0.1) is 13.8 Å². The van der Waals surface area contributed by atoms with Gasteiger partial charge in [0.05, 0.1) is 11.8 Å². The number of furan rings is 1. The van der Waals surface area contributed by atoms with Gasteiger partial charge in [0.2, 0.25) is 5.69 Å². The van der Waals surface area contributed by atoms with Gasteiger partial charge in [-0.3, -0.25) is 0 Å². The Morgan fingerprint density at radius 2 is 1.88 bits per heavy atom. The normalized spacial score (nSPS) is 13.8. The quantitative estimate of drug-likeness (QED) is 0.390.